The lowest BCUT2D eigenvalue weighted by atomic mass is 9.75. The number of nitrogens with zero attached hydrogens (tertiary/aromatic N) is 2. The van der Waals surface area contributed by atoms with Crippen LogP contribution in [-0.4, -0.2) is 22.0 Å². The van der Waals surface area contributed by atoms with Gasteiger partial charge in [-0.1, -0.05) is 27.7 Å². The van der Waals surface area contributed by atoms with E-state index in [4.69, 9.17) is 4.74 Å². The minimum atomic E-state index is -0.982. The number of aromatic nitrogens is 2. The van der Waals surface area contributed by atoms with Crippen LogP contribution >= 0.6 is 0 Å². The van der Waals surface area contributed by atoms with E-state index in [1.54, 1.807) is 13.3 Å². The van der Waals surface area contributed by atoms with Gasteiger partial charge in [-0.05, 0) is 18.8 Å². The molecular weight excluding hydrogens is 216 g/mol. The van der Waals surface area contributed by atoms with Gasteiger partial charge < -0.3 is 9.84 Å². The molecule has 17 heavy (non-hydrogen) atoms. The second-order valence-corrected chi connectivity index (χ2v) is 5.61. The highest BCUT2D eigenvalue weighted by Crippen LogP contribution is 2.42. The number of hydrogen-bond acceptors (Lipinski definition) is 3. The molecule has 0 saturated heterocycles. The van der Waals surface area contributed by atoms with Crippen LogP contribution < -0.4 is 4.74 Å². The SMILES string of the molecule is CCCn1ncc(OC)c1C(C)(O)C(C)(C)C. The van der Waals surface area contributed by atoms with Crippen LogP contribution in [-0.2, 0) is 12.1 Å². The van der Waals surface area contributed by atoms with Crippen LogP contribution in [0.4, 0.5) is 0 Å². The molecule has 0 aliphatic carbocycles. The summed E-state index contributed by atoms with van der Waals surface area (Å²) >= 11 is 0. The Kier molecular flexibility index (Phi) is 3.87. The van der Waals surface area contributed by atoms with E-state index in [0.29, 0.717) is 5.75 Å². The standard InChI is InChI=1S/C13H24N2O2/c1-7-8-15-11(10(17-6)9-14-15)13(5,16)12(2,3)4/h9,16H,7-8H2,1-6H3. The zero-order valence-electron chi connectivity index (χ0n) is 11.7. The normalized spacial score (nSPS) is 15.7. The Bertz CT molecular complexity index is 375. The summed E-state index contributed by atoms with van der Waals surface area (Å²) in [6, 6.07) is 0. The van der Waals surface area contributed by atoms with Crippen molar-refractivity contribution in [3.63, 3.8) is 0 Å². The van der Waals surface area contributed by atoms with Crippen LogP contribution in [0, 0.1) is 5.41 Å². The molecule has 0 aliphatic rings. The molecule has 98 valence electrons. The third kappa shape index (κ3) is 2.46. The molecular formula is C13H24N2O2. The summed E-state index contributed by atoms with van der Waals surface area (Å²) in [6.45, 7) is 10.7. The highest BCUT2D eigenvalue weighted by molar-refractivity contribution is 5.31. The van der Waals surface area contributed by atoms with E-state index in [2.05, 4.69) is 12.0 Å². The van der Waals surface area contributed by atoms with Crippen LogP contribution in [0.3, 0.4) is 0 Å². The molecule has 0 radical (unpaired) electrons. The lowest BCUT2D eigenvalue weighted by Crippen LogP contribution is -2.39. The van der Waals surface area contributed by atoms with Gasteiger partial charge in [-0.25, -0.2) is 0 Å². The molecule has 0 fully saturated rings. The van der Waals surface area contributed by atoms with Crippen LogP contribution in [0.2, 0.25) is 0 Å². The quantitative estimate of drug-likeness (QED) is 0.879. The Morgan fingerprint density at radius 2 is 1.94 bits per heavy atom. The van der Waals surface area contributed by atoms with E-state index in [0.717, 1.165) is 18.7 Å². The summed E-state index contributed by atoms with van der Waals surface area (Å²) in [7, 11) is 1.61. The summed E-state index contributed by atoms with van der Waals surface area (Å²) < 4.78 is 7.15. The molecule has 0 aromatic carbocycles. The summed E-state index contributed by atoms with van der Waals surface area (Å²) in [5.41, 5.74) is -0.509. The van der Waals surface area contributed by atoms with Crippen molar-refractivity contribution in [1.29, 1.82) is 0 Å². The van der Waals surface area contributed by atoms with Crippen LogP contribution in [0.1, 0.15) is 46.7 Å². The first-order valence-corrected chi connectivity index (χ1v) is 6.08. The number of aryl methyl sites for hydroxylation is 1. The summed E-state index contributed by atoms with van der Waals surface area (Å²) in [6.07, 6.45) is 2.64. The smallest absolute Gasteiger partial charge is 0.162 e. The molecule has 0 aliphatic heterocycles. The van der Waals surface area contributed by atoms with Gasteiger partial charge in [0.05, 0.1) is 13.3 Å². The van der Waals surface area contributed by atoms with Crippen LogP contribution in [0.5, 0.6) is 5.75 Å². The summed E-state index contributed by atoms with van der Waals surface area (Å²) in [5, 5.41) is 15.1. The molecule has 4 nitrogen and oxygen atoms in total. The largest absolute Gasteiger partial charge is 0.493 e. The monoisotopic (exact) mass is 240 g/mol. The van der Waals surface area contributed by atoms with Crippen molar-refractivity contribution >= 4 is 0 Å². The van der Waals surface area contributed by atoms with Crippen molar-refractivity contribution < 1.29 is 9.84 Å². The minimum absolute atomic E-state index is 0.286. The molecule has 0 amide bonds. The topological polar surface area (TPSA) is 47.3 Å². The predicted molar refractivity (Wildman–Crippen MR) is 68.1 cm³/mol. The number of ether oxygens (including phenoxy) is 1. The Balaban J connectivity index is 3.31. The van der Waals surface area contributed by atoms with Crippen molar-refractivity contribution in [3.05, 3.63) is 11.9 Å². The first kappa shape index (κ1) is 14.0. The van der Waals surface area contributed by atoms with Gasteiger partial charge in [0.2, 0.25) is 0 Å². The molecule has 1 atom stereocenters. The zero-order chi connectivity index (χ0) is 13.3. The number of hydrogen-bond donors (Lipinski definition) is 1. The lowest BCUT2D eigenvalue weighted by molar-refractivity contribution is -0.0557. The van der Waals surface area contributed by atoms with Crippen molar-refractivity contribution in [2.24, 2.45) is 5.41 Å². The molecule has 1 rings (SSSR count). The van der Waals surface area contributed by atoms with Crippen LogP contribution in [0.15, 0.2) is 6.20 Å². The second kappa shape index (κ2) is 4.69. The molecule has 1 unspecified atom stereocenters. The fourth-order valence-electron chi connectivity index (χ4n) is 1.75. The first-order valence-electron chi connectivity index (χ1n) is 6.08. The van der Waals surface area contributed by atoms with Gasteiger partial charge in [-0.3, -0.25) is 4.68 Å². The van der Waals surface area contributed by atoms with Gasteiger partial charge in [0.15, 0.2) is 5.75 Å². The van der Waals surface area contributed by atoms with Gasteiger partial charge >= 0.3 is 0 Å². The van der Waals surface area contributed by atoms with E-state index in [9.17, 15) is 5.11 Å². The Labute approximate surface area is 104 Å². The van der Waals surface area contributed by atoms with Gasteiger partial charge in [-0.15, -0.1) is 0 Å². The summed E-state index contributed by atoms with van der Waals surface area (Å²) in [5.74, 6) is 0.651. The third-order valence-corrected chi connectivity index (χ3v) is 3.38. The first-order chi connectivity index (χ1) is 7.75. The van der Waals surface area contributed by atoms with E-state index in [1.165, 1.54) is 0 Å². The zero-order valence-corrected chi connectivity index (χ0v) is 11.7. The Hall–Kier alpha value is -1.03. The molecule has 0 bridgehead atoms. The average molecular weight is 240 g/mol. The molecule has 4 heteroatoms. The van der Waals surface area contributed by atoms with E-state index < -0.39 is 5.60 Å². The van der Waals surface area contributed by atoms with Gasteiger partial charge in [0.25, 0.3) is 0 Å². The van der Waals surface area contributed by atoms with E-state index in [1.807, 2.05) is 32.4 Å². The summed E-state index contributed by atoms with van der Waals surface area (Å²) in [4.78, 5) is 0. The third-order valence-electron chi connectivity index (χ3n) is 3.38. The molecule has 0 spiro atoms. The van der Waals surface area contributed by atoms with Crippen molar-refractivity contribution in [2.45, 2.75) is 53.2 Å². The van der Waals surface area contributed by atoms with Gasteiger partial charge in [0, 0.05) is 6.54 Å². The molecule has 0 saturated carbocycles. The van der Waals surface area contributed by atoms with Gasteiger partial charge in [-0.2, -0.15) is 5.10 Å². The highest BCUT2D eigenvalue weighted by atomic mass is 16.5. The van der Waals surface area contributed by atoms with Crippen molar-refractivity contribution in [3.8, 4) is 5.75 Å². The highest BCUT2D eigenvalue weighted by Gasteiger charge is 2.42. The lowest BCUT2D eigenvalue weighted by Gasteiger charge is -2.37. The predicted octanol–water partition coefficient (Wildman–Crippen LogP) is 2.56. The van der Waals surface area contributed by atoms with Crippen molar-refractivity contribution in [2.75, 3.05) is 7.11 Å². The second-order valence-electron chi connectivity index (χ2n) is 5.61. The fraction of sp³-hybridized carbons (Fsp3) is 0.769. The van der Waals surface area contributed by atoms with E-state index >= 15 is 0 Å². The molecule has 1 aromatic heterocycles. The average Bonchev–Trinajstić information content (AvgIpc) is 2.60. The Morgan fingerprint density at radius 1 is 1.35 bits per heavy atom. The minimum Gasteiger partial charge on any atom is -0.493 e. The number of aliphatic hydroxyl groups is 1. The number of rotatable bonds is 4. The maximum atomic E-state index is 10.8. The molecule has 1 aromatic rings. The maximum absolute atomic E-state index is 10.8. The maximum Gasteiger partial charge on any atom is 0.162 e. The molecule has 1 heterocycles. The molecule has 1 N–H and O–H groups in total. The Morgan fingerprint density at radius 3 is 2.35 bits per heavy atom. The number of methoxy groups -OCH3 is 1. The van der Waals surface area contributed by atoms with E-state index in [-0.39, 0.29) is 5.41 Å². The van der Waals surface area contributed by atoms with Crippen LogP contribution in [0.25, 0.3) is 0 Å². The fourth-order valence-corrected chi connectivity index (χ4v) is 1.75. The van der Waals surface area contributed by atoms with Gasteiger partial charge in [0.1, 0.15) is 11.3 Å². The van der Waals surface area contributed by atoms with Crippen molar-refractivity contribution in [1.82, 2.24) is 9.78 Å².